The molecular formula is C24H24BrFN4O3S. The molecule has 3 rings (SSSR count). The molecule has 1 amide bonds. The number of aryl methyl sites for hydroxylation is 1. The number of anilines is 3. The van der Waals surface area contributed by atoms with Gasteiger partial charge in [0.25, 0.3) is 0 Å². The van der Waals surface area contributed by atoms with Gasteiger partial charge in [-0.1, -0.05) is 0 Å². The number of ether oxygens (including phenoxy) is 1. The van der Waals surface area contributed by atoms with E-state index in [4.69, 9.17) is 17.0 Å². The third-order valence-corrected chi connectivity index (χ3v) is 5.86. The molecular weight excluding hydrogens is 523 g/mol. The number of hydrogen-bond donors (Lipinski definition) is 2. The van der Waals surface area contributed by atoms with E-state index in [-0.39, 0.29) is 23.9 Å². The van der Waals surface area contributed by atoms with Crippen molar-refractivity contribution >= 4 is 62.2 Å². The zero-order chi connectivity index (χ0) is 25.0. The third-order valence-electron chi connectivity index (χ3n) is 5.00. The average molecular weight is 547 g/mol. The van der Waals surface area contributed by atoms with E-state index >= 15 is 0 Å². The van der Waals surface area contributed by atoms with E-state index in [1.165, 1.54) is 17.0 Å². The minimum Gasteiger partial charge on any atom is -0.459 e. The molecule has 1 heterocycles. The van der Waals surface area contributed by atoms with Crippen molar-refractivity contribution in [3.8, 4) is 6.07 Å². The van der Waals surface area contributed by atoms with Gasteiger partial charge in [-0.05, 0) is 104 Å². The van der Waals surface area contributed by atoms with Crippen molar-refractivity contribution in [2.45, 2.75) is 39.2 Å². The van der Waals surface area contributed by atoms with Crippen molar-refractivity contribution in [2.75, 3.05) is 22.1 Å². The molecule has 0 fully saturated rings. The number of thiocarbonyl (C=S) groups is 1. The molecule has 1 aliphatic heterocycles. The number of nitrogens with one attached hydrogen (secondary N) is 2. The molecule has 2 N–H and O–H groups in total. The van der Waals surface area contributed by atoms with Crippen LogP contribution in [-0.4, -0.2) is 29.1 Å². The van der Waals surface area contributed by atoms with Crippen LogP contribution < -0.4 is 15.5 Å². The molecule has 0 saturated heterocycles. The van der Waals surface area contributed by atoms with Crippen molar-refractivity contribution in [1.82, 2.24) is 0 Å². The lowest BCUT2D eigenvalue weighted by molar-refractivity contribution is -0.162. The van der Waals surface area contributed by atoms with Gasteiger partial charge in [0.15, 0.2) is 5.11 Å². The molecule has 0 bridgehead atoms. The number of rotatable bonds is 4. The predicted molar refractivity (Wildman–Crippen MR) is 136 cm³/mol. The van der Waals surface area contributed by atoms with Gasteiger partial charge in [0.2, 0.25) is 5.91 Å². The second-order valence-corrected chi connectivity index (χ2v) is 10.0. The molecule has 1 aliphatic rings. The SMILES string of the molecule is CC(C)(C)OC(=O)C1CCc2cc(Br)c(NC(=S)Nc3ccc(F)cc3)cc2N(CC#N)C1=O. The highest BCUT2D eigenvalue weighted by atomic mass is 79.9. The van der Waals surface area contributed by atoms with E-state index in [0.29, 0.717) is 28.0 Å². The maximum Gasteiger partial charge on any atom is 0.319 e. The topological polar surface area (TPSA) is 94.5 Å². The predicted octanol–water partition coefficient (Wildman–Crippen LogP) is 5.16. The van der Waals surface area contributed by atoms with E-state index in [0.717, 1.165) is 5.56 Å². The maximum atomic E-state index is 13.3. The minimum atomic E-state index is -1.00. The van der Waals surface area contributed by atoms with Gasteiger partial charge < -0.3 is 15.4 Å². The Morgan fingerprint density at radius 2 is 1.97 bits per heavy atom. The summed E-state index contributed by atoms with van der Waals surface area (Å²) in [7, 11) is 0. The summed E-state index contributed by atoms with van der Waals surface area (Å²) in [6.45, 7) is 5.01. The zero-order valence-corrected chi connectivity index (χ0v) is 21.3. The lowest BCUT2D eigenvalue weighted by atomic mass is 10.00. The van der Waals surface area contributed by atoms with E-state index in [1.807, 2.05) is 12.1 Å². The molecule has 7 nitrogen and oxygen atoms in total. The summed E-state index contributed by atoms with van der Waals surface area (Å²) in [5.41, 5.74) is 1.76. The van der Waals surface area contributed by atoms with Gasteiger partial charge in [-0.15, -0.1) is 0 Å². The lowest BCUT2D eigenvalue weighted by Gasteiger charge is -2.26. The van der Waals surface area contributed by atoms with E-state index < -0.39 is 23.4 Å². The van der Waals surface area contributed by atoms with E-state index in [2.05, 4.69) is 26.6 Å². The Balaban J connectivity index is 1.87. The Morgan fingerprint density at radius 1 is 1.29 bits per heavy atom. The zero-order valence-electron chi connectivity index (χ0n) is 18.9. The molecule has 10 heteroatoms. The highest BCUT2D eigenvalue weighted by molar-refractivity contribution is 9.10. The summed E-state index contributed by atoms with van der Waals surface area (Å²) in [5, 5.41) is 15.6. The first-order chi connectivity index (χ1) is 16.0. The molecule has 0 spiro atoms. The summed E-state index contributed by atoms with van der Waals surface area (Å²) in [6, 6.07) is 11.3. The lowest BCUT2D eigenvalue weighted by Crippen LogP contribution is -2.41. The molecule has 0 radical (unpaired) electrons. The third kappa shape index (κ3) is 6.30. The largest absolute Gasteiger partial charge is 0.459 e. The number of carbonyl (C=O) groups is 2. The Bertz CT molecular complexity index is 1160. The molecule has 2 aromatic rings. The standard InChI is InChI=1S/C24H24BrFN4O3S/c1-24(2,3)33-22(32)17-9-4-14-12-18(25)19(13-20(14)30(11-10-27)21(17)31)29-23(34)28-16-7-5-15(26)6-8-16/h5-8,12-13,17H,4,9,11H2,1-3H3,(H2,28,29,34). The summed E-state index contributed by atoms with van der Waals surface area (Å²) < 4.78 is 19.3. The second-order valence-electron chi connectivity index (χ2n) is 8.75. The van der Waals surface area contributed by atoms with Crippen molar-refractivity contribution in [3.05, 3.63) is 52.3 Å². The first kappa shape index (κ1) is 25.6. The Labute approximate surface area is 211 Å². The first-order valence-corrected chi connectivity index (χ1v) is 11.8. The fourth-order valence-corrected chi connectivity index (χ4v) is 4.24. The van der Waals surface area contributed by atoms with Crippen molar-refractivity contribution in [3.63, 3.8) is 0 Å². The number of carbonyl (C=O) groups excluding carboxylic acids is 2. The molecule has 34 heavy (non-hydrogen) atoms. The molecule has 1 unspecified atom stereocenters. The highest BCUT2D eigenvalue weighted by Crippen LogP contribution is 2.37. The van der Waals surface area contributed by atoms with Crippen LogP contribution in [0, 0.1) is 23.1 Å². The Hall–Kier alpha value is -3.03. The quantitative estimate of drug-likeness (QED) is 0.237. The van der Waals surface area contributed by atoms with Gasteiger partial charge in [0, 0.05) is 10.2 Å². The first-order valence-electron chi connectivity index (χ1n) is 10.6. The van der Waals surface area contributed by atoms with Crippen molar-refractivity contribution in [2.24, 2.45) is 5.92 Å². The summed E-state index contributed by atoms with van der Waals surface area (Å²) >= 11 is 8.89. The number of nitrogens with zero attached hydrogens (tertiary/aromatic N) is 2. The minimum absolute atomic E-state index is 0.218. The number of amides is 1. The van der Waals surface area contributed by atoms with Gasteiger partial charge in [-0.2, -0.15) is 5.26 Å². The van der Waals surface area contributed by atoms with E-state index in [9.17, 15) is 19.2 Å². The number of halogens is 2. The van der Waals surface area contributed by atoms with Crippen LogP contribution in [0.4, 0.5) is 21.5 Å². The van der Waals surface area contributed by atoms with Crippen LogP contribution in [0.15, 0.2) is 40.9 Å². The van der Waals surface area contributed by atoms with Crippen LogP contribution in [0.1, 0.15) is 32.8 Å². The van der Waals surface area contributed by atoms with Gasteiger partial charge >= 0.3 is 5.97 Å². The van der Waals surface area contributed by atoms with E-state index in [1.54, 1.807) is 39.0 Å². The second kappa shape index (κ2) is 10.5. The number of benzene rings is 2. The molecule has 0 saturated carbocycles. The van der Waals surface area contributed by atoms with Gasteiger partial charge in [0.05, 0.1) is 17.4 Å². The number of esters is 1. The van der Waals surface area contributed by atoms with Crippen LogP contribution in [0.2, 0.25) is 0 Å². The molecule has 2 aromatic carbocycles. The number of nitriles is 1. The molecule has 0 aliphatic carbocycles. The summed E-state index contributed by atoms with van der Waals surface area (Å²) in [5.74, 6) is -2.44. The van der Waals surface area contributed by atoms with Gasteiger partial charge in [0.1, 0.15) is 23.9 Å². The van der Waals surface area contributed by atoms with Crippen LogP contribution >= 0.6 is 28.1 Å². The Morgan fingerprint density at radius 3 is 2.59 bits per heavy atom. The maximum absolute atomic E-state index is 13.3. The monoisotopic (exact) mass is 546 g/mol. The molecule has 1 atom stereocenters. The fraction of sp³-hybridized carbons (Fsp3) is 0.333. The number of hydrogen-bond acceptors (Lipinski definition) is 5. The smallest absolute Gasteiger partial charge is 0.319 e. The van der Waals surface area contributed by atoms with Crippen molar-refractivity contribution < 1.29 is 18.7 Å². The fourth-order valence-electron chi connectivity index (χ4n) is 3.52. The van der Waals surface area contributed by atoms with Gasteiger partial charge in [-0.3, -0.25) is 14.5 Å². The Kier molecular flexibility index (Phi) is 7.89. The average Bonchev–Trinajstić information content (AvgIpc) is 2.86. The summed E-state index contributed by atoms with van der Waals surface area (Å²) in [6.07, 6.45) is 0.719. The highest BCUT2D eigenvalue weighted by Gasteiger charge is 2.38. The van der Waals surface area contributed by atoms with Gasteiger partial charge in [-0.25, -0.2) is 4.39 Å². The van der Waals surface area contributed by atoms with Crippen LogP contribution in [0.3, 0.4) is 0 Å². The molecule has 178 valence electrons. The summed E-state index contributed by atoms with van der Waals surface area (Å²) in [4.78, 5) is 27.3. The normalized spacial score (nSPS) is 15.6. The van der Waals surface area contributed by atoms with Crippen LogP contribution in [-0.2, 0) is 20.7 Å². The number of fused-ring (bicyclic) bond motifs is 1. The van der Waals surface area contributed by atoms with Crippen LogP contribution in [0.5, 0.6) is 0 Å². The molecule has 0 aromatic heterocycles. The van der Waals surface area contributed by atoms with Crippen LogP contribution in [0.25, 0.3) is 0 Å². The van der Waals surface area contributed by atoms with Crippen molar-refractivity contribution in [1.29, 1.82) is 5.26 Å².